The van der Waals surface area contributed by atoms with Crippen LogP contribution in [0.5, 0.6) is 0 Å². The van der Waals surface area contributed by atoms with E-state index in [0.717, 1.165) is 37.2 Å². The van der Waals surface area contributed by atoms with Crippen molar-refractivity contribution in [2.24, 2.45) is 5.92 Å². The zero-order valence-electron chi connectivity index (χ0n) is 17.0. The summed E-state index contributed by atoms with van der Waals surface area (Å²) in [4.78, 5) is 17.1. The van der Waals surface area contributed by atoms with Gasteiger partial charge in [-0.25, -0.2) is 0 Å². The van der Waals surface area contributed by atoms with Crippen LogP contribution in [0.4, 0.5) is 11.4 Å². The Morgan fingerprint density at radius 1 is 0.828 bits per heavy atom. The SMILES string of the molecule is CN(CC1CCc2ccccc2C1)C(=O)CN(c1ccccc1)c1ccccc1. The summed E-state index contributed by atoms with van der Waals surface area (Å²) in [7, 11) is 1.94. The number of benzene rings is 3. The highest BCUT2D eigenvalue weighted by Crippen LogP contribution is 2.27. The second-order valence-electron chi connectivity index (χ2n) is 7.91. The van der Waals surface area contributed by atoms with Gasteiger partial charge in [0.15, 0.2) is 0 Å². The Morgan fingerprint density at radius 2 is 1.38 bits per heavy atom. The van der Waals surface area contributed by atoms with E-state index in [1.807, 2.05) is 48.3 Å². The summed E-state index contributed by atoms with van der Waals surface area (Å²) >= 11 is 0. The number of nitrogens with zero attached hydrogens (tertiary/aromatic N) is 2. The molecule has 1 aliphatic carbocycles. The van der Waals surface area contributed by atoms with Crippen LogP contribution in [0.3, 0.4) is 0 Å². The molecule has 0 heterocycles. The second-order valence-corrected chi connectivity index (χ2v) is 7.91. The van der Waals surface area contributed by atoms with E-state index in [9.17, 15) is 4.79 Å². The first-order valence-corrected chi connectivity index (χ1v) is 10.4. The van der Waals surface area contributed by atoms with Crippen molar-refractivity contribution in [1.29, 1.82) is 0 Å². The van der Waals surface area contributed by atoms with Crippen molar-refractivity contribution in [2.45, 2.75) is 19.3 Å². The first-order chi connectivity index (χ1) is 14.2. The summed E-state index contributed by atoms with van der Waals surface area (Å²) in [5, 5.41) is 0. The van der Waals surface area contributed by atoms with Gasteiger partial charge in [0.1, 0.15) is 6.54 Å². The van der Waals surface area contributed by atoms with E-state index in [1.54, 1.807) is 0 Å². The molecule has 0 spiro atoms. The highest BCUT2D eigenvalue weighted by atomic mass is 16.2. The van der Waals surface area contributed by atoms with E-state index in [2.05, 4.69) is 53.4 Å². The average molecular weight is 385 g/mol. The molecular weight excluding hydrogens is 356 g/mol. The summed E-state index contributed by atoms with van der Waals surface area (Å²) in [5.74, 6) is 0.678. The van der Waals surface area contributed by atoms with E-state index in [4.69, 9.17) is 0 Å². The minimum Gasteiger partial charge on any atom is -0.344 e. The van der Waals surface area contributed by atoms with E-state index in [1.165, 1.54) is 11.1 Å². The van der Waals surface area contributed by atoms with E-state index in [0.29, 0.717) is 12.5 Å². The van der Waals surface area contributed by atoms with Crippen molar-refractivity contribution in [3.05, 3.63) is 96.1 Å². The molecule has 29 heavy (non-hydrogen) atoms. The number of rotatable bonds is 6. The van der Waals surface area contributed by atoms with Crippen molar-refractivity contribution in [3.63, 3.8) is 0 Å². The quantitative estimate of drug-likeness (QED) is 0.591. The minimum atomic E-state index is 0.150. The van der Waals surface area contributed by atoms with Crippen molar-refractivity contribution in [2.75, 3.05) is 25.0 Å². The molecule has 148 valence electrons. The van der Waals surface area contributed by atoms with Gasteiger partial charge >= 0.3 is 0 Å². The summed E-state index contributed by atoms with van der Waals surface area (Å²) in [6.07, 6.45) is 3.33. The van der Waals surface area contributed by atoms with Gasteiger partial charge in [0.05, 0.1) is 0 Å². The van der Waals surface area contributed by atoms with Gasteiger partial charge < -0.3 is 9.80 Å². The molecule has 0 N–H and O–H groups in total. The van der Waals surface area contributed by atoms with Crippen molar-refractivity contribution in [1.82, 2.24) is 4.90 Å². The van der Waals surface area contributed by atoms with E-state index < -0.39 is 0 Å². The minimum absolute atomic E-state index is 0.150. The molecule has 1 aliphatic rings. The first-order valence-electron chi connectivity index (χ1n) is 10.4. The smallest absolute Gasteiger partial charge is 0.242 e. The van der Waals surface area contributed by atoms with E-state index in [-0.39, 0.29) is 5.91 Å². The third kappa shape index (κ3) is 4.68. The number of hydrogen-bond acceptors (Lipinski definition) is 2. The number of carbonyl (C=O) groups excluding carboxylic acids is 1. The molecule has 0 saturated carbocycles. The van der Waals surface area contributed by atoms with Gasteiger partial charge in [-0.3, -0.25) is 4.79 Å². The molecule has 0 aliphatic heterocycles. The molecule has 0 fully saturated rings. The Balaban J connectivity index is 1.44. The van der Waals surface area contributed by atoms with Crippen LogP contribution in [0.1, 0.15) is 17.5 Å². The van der Waals surface area contributed by atoms with Gasteiger partial charge in [-0.1, -0.05) is 60.7 Å². The molecule has 3 aromatic carbocycles. The lowest BCUT2D eigenvalue weighted by molar-refractivity contribution is -0.128. The lowest BCUT2D eigenvalue weighted by Crippen LogP contribution is -2.39. The summed E-state index contributed by atoms with van der Waals surface area (Å²) in [6.45, 7) is 1.15. The van der Waals surface area contributed by atoms with Crippen LogP contribution in [-0.4, -0.2) is 30.9 Å². The maximum absolute atomic E-state index is 13.1. The molecule has 0 saturated heterocycles. The van der Waals surface area contributed by atoms with Crippen molar-refractivity contribution >= 4 is 17.3 Å². The topological polar surface area (TPSA) is 23.6 Å². The predicted octanol–water partition coefficient (Wildman–Crippen LogP) is 5.09. The van der Waals surface area contributed by atoms with Crippen molar-refractivity contribution < 1.29 is 4.79 Å². The molecule has 0 aromatic heterocycles. The van der Waals surface area contributed by atoms with Crippen LogP contribution in [0.25, 0.3) is 0 Å². The third-order valence-electron chi connectivity index (χ3n) is 5.84. The molecule has 3 heteroatoms. The van der Waals surface area contributed by atoms with Crippen LogP contribution < -0.4 is 4.90 Å². The zero-order valence-corrected chi connectivity index (χ0v) is 17.0. The lowest BCUT2D eigenvalue weighted by Gasteiger charge is -2.31. The summed E-state index contributed by atoms with van der Waals surface area (Å²) < 4.78 is 0. The molecule has 1 amide bonds. The largest absolute Gasteiger partial charge is 0.344 e. The lowest BCUT2D eigenvalue weighted by atomic mass is 9.84. The second kappa shape index (κ2) is 8.95. The number of fused-ring (bicyclic) bond motifs is 1. The Labute approximate surface area is 173 Å². The Morgan fingerprint density at radius 3 is 2.00 bits per heavy atom. The Kier molecular flexibility index (Phi) is 5.95. The number of anilines is 2. The fraction of sp³-hybridized carbons (Fsp3) is 0.269. The third-order valence-corrected chi connectivity index (χ3v) is 5.84. The maximum atomic E-state index is 13.1. The monoisotopic (exact) mass is 384 g/mol. The molecule has 1 unspecified atom stereocenters. The molecular formula is C26H28N2O. The molecule has 3 aromatic rings. The maximum Gasteiger partial charge on any atom is 0.242 e. The standard InChI is InChI=1S/C26H28N2O/c1-27(19-21-16-17-22-10-8-9-11-23(22)18-21)26(29)20-28(24-12-4-2-5-13-24)25-14-6-3-7-15-25/h2-15,21H,16-20H2,1H3. The predicted molar refractivity (Wildman–Crippen MR) is 119 cm³/mol. The molecule has 3 nitrogen and oxygen atoms in total. The average Bonchev–Trinajstić information content (AvgIpc) is 2.78. The number of likely N-dealkylation sites (N-methyl/N-ethyl adjacent to an activating group) is 1. The number of carbonyl (C=O) groups is 1. The van der Waals surface area contributed by atoms with Crippen LogP contribution in [-0.2, 0) is 17.6 Å². The van der Waals surface area contributed by atoms with Crippen LogP contribution in [0, 0.1) is 5.92 Å². The molecule has 0 bridgehead atoms. The number of hydrogen-bond donors (Lipinski definition) is 0. The summed E-state index contributed by atoms with van der Waals surface area (Å²) in [5.41, 5.74) is 4.98. The highest BCUT2D eigenvalue weighted by molar-refractivity contribution is 5.84. The number of aryl methyl sites for hydroxylation is 1. The number of amides is 1. The fourth-order valence-corrected chi connectivity index (χ4v) is 4.22. The van der Waals surface area contributed by atoms with Crippen LogP contribution >= 0.6 is 0 Å². The van der Waals surface area contributed by atoms with Crippen LogP contribution in [0.15, 0.2) is 84.9 Å². The normalized spacial score (nSPS) is 15.4. The van der Waals surface area contributed by atoms with Crippen molar-refractivity contribution in [3.8, 4) is 0 Å². The van der Waals surface area contributed by atoms with Gasteiger partial charge in [0, 0.05) is 25.0 Å². The molecule has 1 atom stereocenters. The van der Waals surface area contributed by atoms with E-state index >= 15 is 0 Å². The number of para-hydroxylation sites is 2. The van der Waals surface area contributed by atoms with Gasteiger partial charge in [-0.15, -0.1) is 0 Å². The van der Waals surface area contributed by atoms with Crippen LogP contribution in [0.2, 0.25) is 0 Å². The first kappa shape index (κ1) is 19.3. The van der Waals surface area contributed by atoms with Gasteiger partial charge in [-0.05, 0) is 60.6 Å². The Hall–Kier alpha value is -3.07. The molecule has 0 radical (unpaired) electrons. The van der Waals surface area contributed by atoms with Gasteiger partial charge in [-0.2, -0.15) is 0 Å². The van der Waals surface area contributed by atoms with Gasteiger partial charge in [0.25, 0.3) is 0 Å². The fourth-order valence-electron chi connectivity index (χ4n) is 4.22. The summed E-state index contributed by atoms with van der Waals surface area (Å²) in [6, 6.07) is 29.0. The highest BCUT2D eigenvalue weighted by Gasteiger charge is 2.23. The zero-order chi connectivity index (χ0) is 20.1. The molecule has 4 rings (SSSR count). The Bertz CT molecular complexity index is 900. The van der Waals surface area contributed by atoms with Gasteiger partial charge in [0.2, 0.25) is 5.91 Å².